The van der Waals surface area contributed by atoms with Crippen LogP contribution >= 0.6 is 0 Å². The maximum Gasteiger partial charge on any atom is 0.323 e. The van der Waals surface area contributed by atoms with Crippen molar-refractivity contribution in [2.45, 2.75) is 45.7 Å². The van der Waals surface area contributed by atoms with Crippen molar-refractivity contribution < 1.29 is 9.90 Å². The van der Waals surface area contributed by atoms with E-state index in [0.717, 1.165) is 6.54 Å². The van der Waals surface area contributed by atoms with Gasteiger partial charge in [-0.1, -0.05) is 6.92 Å². The lowest BCUT2D eigenvalue weighted by Crippen LogP contribution is -2.51. The Morgan fingerprint density at radius 2 is 2.07 bits per heavy atom. The summed E-state index contributed by atoms with van der Waals surface area (Å²) >= 11 is 0. The third-order valence-corrected chi connectivity index (χ3v) is 2.89. The summed E-state index contributed by atoms with van der Waals surface area (Å²) in [5, 5.41) is 12.2. The van der Waals surface area contributed by atoms with E-state index in [1.54, 1.807) is 6.92 Å². The number of likely N-dealkylation sites (N-methyl/N-ethyl adjacent to an activating group) is 1. The summed E-state index contributed by atoms with van der Waals surface area (Å²) in [5.41, 5.74) is -0.808. The molecule has 0 heterocycles. The van der Waals surface area contributed by atoms with E-state index < -0.39 is 11.5 Å². The Kier molecular flexibility index (Phi) is 5.83. The molecule has 0 bridgehead atoms. The van der Waals surface area contributed by atoms with Crippen LogP contribution < -0.4 is 5.32 Å². The highest BCUT2D eigenvalue weighted by atomic mass is 16.4. The normalized spacial score (nSPS) is 15.7. The Bertz CT molecular complexity index is 207. The molecule has 0 rings (SSSR count). The largest absolute Gasteiger partial charge is 0.480 e. The molecule has 0 aliphatic carbocycles. The van der Waals surface area contributed by atoms with Crippen molar-refractivity contribution in [3.05, 3.63) is 0 Å². The van der Waals surface area contributed by atoms with Crippen LogP contribution in [0, 0.1) is 0 Å². The molecule has 0 aliphatic rings. The van der Waals surface area contributed by atoms with Crippen molar-refractivity contribution in [3.63, 3.8) is 0 Å². The van der Waals surface area contributed by atoms with Gasteiger partial charge >= 0.3 is 5.97 Å². The molecule has 1 atom stereocenters. The Balaban J connectivity index is 4.25. The fourth-order valence-electron chi connectivity index (χ4n) is 1.32. The van der Waals surface area contributed by atoms with Gasteiger partial charge in [0.1, 0.15) is 5.54 Å². The van der Waals surface area contributed by atoms with Gasteiger partial charge in [-0.25, -0.2) is 0 Å². The highest BCUT2D eigenvalue weighted by Gasteiger charge is 2.31. The van der Waals surface area contributed by atoms with Crippen molar-refractivity contribution in [1.29, 1.82) is 0 Å². The topological polar surface area (TPSA) is 52.6 Å². The van der Waals surface area contributed by atoms with Crippen LogP contribution in [0.1, 0.15) is 34.1 Å². The number of aliphatic carboxylic acids is 1. The Labute approximate surface area is 92.7 Å². The van der Waals surface area contributed by atoms with E-state index >= 15 is 0 Å². The number of nitrogens with one attached hydrogen (secondary N) is 1. The summed E-state index contributed by atoms with van der Waals surface area (Å²) in [6.45, 7) is 9.33. The standard InChI is InChI=1S/C11H24N2O2/c1-6-12-11(4,10(14)15)7-8-13(5)9(2)3/h9,12H,6-8H2,1-5H3,(H,14,15). The predicted molar refractivity (Wildman–Crippen MR) is 62.1 cm³/mol. The van der Waals surface area contributed by atoms with Crippen molar-refractivity contribution in [3.8, 4) is 0 Å². The molecule has 0 saturated carbocycles. The molecule has 0 aromatic heterocycles. The van der Waals surface area contributed by atoms with Crippen LogP contribution in [0.3, 0.4) is 0 Å². The lowest BCUT2D eigenvalue weighted by Gasteiger charge is -2.29. The van der Waals surface area contributed by atoms with E-state index in [9.17, 15) is 4.79 Å². The van der Waals surface area contributed by atoms with Crippen molar-refractivity contribution in [2.75, 3.05) is 20.1 Å². The van der Waals surface area contributed by atoms with Gasteiger partial charge in [-0.05, 0) is 40.8 Å². The van der Waals surface area contributed by atoms with E-state index in [2.05, 4.69) is 24.1 Å². The number of hydrogen-bond acceptors (Lipinski definition) is 3. The zero-order valence-electron chi connectivity index (χ0n) is 10.5. The summed E-state index contributed by atoms with van der Waals surface area (Å²) in [4.78, 5) is 13.3. The van der Waals surface area contributed by atoms with Gasteiger partial charge in [0.05, 0.1) is 0 Å². The number of carbonyl (C=O) groups is 1. The molecule has 0 amide bonds. The molecule has 2 N–H and O–H groups in total. The first kappa shape index (κ1) is 14.4. The Morgan fingerprint density at radius 3 is 2.40 bits per heavy atom. The van der Waals surface area contributed by atoms with Gasteiger partial charge in [0.25, 0.3) is 0 Å². The molecule has 0 aromatic rings. The van der Waals surface area contributed by atoms with Crippen LogP contribution in [0.4, 0.5) is 0 Å². The van der Waals surface area contributed by atoms with Crippen LogP contribution in [0.2, 0.25) is 0 Å². The van der Waals surface area contributed by atoms with E-state index in [4.69, 9.17) is 5.11 Å². The molecule has 15 heavy (non-hydrogen) atoms. The number of rotatable bonds is 7. The third kappa shape index (κ3) is 4.62. The van der Waals surface area contributed by atoms with Crippen LogP contribution in [0.5, 0.6) is 0 Å². The maximum atomic E-state index is 11.1. The smallest absolute Gasteiger partial charge is 0.323 e. The molecule has 4 heteroatoms. The minimum absolute atomic E-state index is 0.449. The van der Waals surface area contributed by atoms with Crippen LogP contribution in [0.15, 0.2) is 0 Å². The monoisotopic (exact) mass is 216 g/mol. The van der Waals surface area contributed by atoms with Gasteiger partial charge in [-0.15, -0.1) is 0 Å². The lowest BCUT2D eigenvalue weighted by atomic mass is 9.97. The zero-order chi connectivity index (χ0) is 12.1. The fraction of sp³-hybridized carbons (Fsp3) is 0.909. The average molecular weight is 216 g/mol. The quantitative estimate of drug-likeness (QED) is 0.671. The summed E-state index contributed by atoms with van der Waals surface area (Å²) in [6, 6.07) is 0.449. The number of carboxylic acids is 1. The van der Waals surface area contributed by atoms with Crippen LogP contribution in [0.25, 0.3) is 0 Å². The highest BCUT2D eigenvalue weighted by molar-refractivity contribution is 5.78. The van der Waals surface area contributed by atoms with Gasteiger partial charge in [-0.2, -0.15) is 0 Å². The van der Waals surface area contributed by atoms with Crippen molar-refractivity contribution in [2.24, 2.45) is 0 Å². The van der Waals surface area contributed by atoms with Crippen molar-refractivity contribution in [1.82, 2.24) is 10.2 Å². The van der Waals surface area contributed by atoms with E-state index in [0.29, 0.717) is 19.0 Å². The second-order valence-corrected chi connectivity index (χ2v) is 4.49. The molecule has 1 unspecified atom stereocenters. The lowest BCUT2D eigenvalue weighted by molar-refractivity contribution is -0.144. The summed E-state index contributed by atoms with van der Waals surface area (Å²) in [6.07, 6.45) is 0.616. The average Bonchev–Trinajstić information content (AvgIpc) is 2.14. The first-order chi connectivity index (χ1) is 6.83. The molecule has 0 fully saturated rings. The second-order valence-electron chi connectivity index (χ2n) is 4.49. The van der Waals surface area contributed by atoms with Gasteiger partial charge in [-0.3, -0.25) is 4.79 Å². The van der Waals surface area contributed by atoms with Crippen LogP contribution in [-0.4, -0.2) is 47.7 Å². The first-order valence-corrected chi connectivity index (χ1v) is 5.52. The van der Waals surface area contributed by atoms with Gasteiger partial charge in [0, 0.05) is 12.6 Å². The maximum absolute atomic E-state index is 11.1. The number of carboxylic acid groups (broad SMARTS) is 1. The molecule has 0 radical (unpaired) electrons. The third-order valence-electron chi connectivity index (χ3n) is 2.89. The SMILES string of the molecule is CCNC(C)(CCN(C)C(C)C)C(=O)O. The molecule has 4 nitrogen and oxygen atoms in total. The minimum atomic E-state index is -0.808. The van der Waals surface area contributed by atoms with Gasteiger partial charge < -0.3 is 15.3 Å². The van der Waals surface area contributed by atoms with Gasteiger partial charge in [0.15, 0.2) is 0 Å². The van der Waals surface area contributed by atoms with Gasteiger partial charge in [0.2, 0.25) is 0 Å². The van der Waals surface area contributed by atoms with E-state index in [-0.39, 0.29) is 0 Å². The zero-order valence-corrected chi connectivity index (χ0v) is 10.5. The number of nitrogens with zero attached hydrogens (tertiary/aromatic N) is 1. The number of hydrogen-bond donors (Lipinski definition) is 2. The summed E-state index contributed by atoms with van der Waals surface area (Å²) in [5.74, 6) is -0.776. The Hall–Kier alpha value is -0.610. The fourth-order valence-corrected chi connectivity index (χ4v) is 1.32. The van der Waals surface area contributed by atoms with E-state index in [1.165, 1.54) is 0 Å². The molecule has 0 saturated heterocycles. The molecule has 90 valence electrons. The highest BCUT2D eigenvalue weighted by Crippen LogP contribution is 2.11. The molecule has 0 aliphatic heterocycles. The second kappa shape index (κ2) is 6.08. The summed E-state index contributed by atoms with van der Waals surface area (Å²) < 4.78 is 0. The molecular weight excluding hydrogens is 192 g/mol. The molecule has 0 spiro atoms. The molecular formula is C11H24N2O2. The Morgan fingerprint density at radius 1 is 1.53 bits per heavy atom. The first-order valence-electron chi connectivity index (χ1n) is 5.52. The van der Waals surface area contributed by atoms with E-state index in [1.807, 2.05) is 14.0 Å². The molecule has 0 aromatic carbocycles. The van der Waals surface area contributed by atoms with Crippen LogP contribution in [-0.2, 0) is 4.79 Å². The van der Waals surface area contributed by atoms with Crippen molar-refractivity contribution >= 4 is 5.97 Å². The predicted octanol–water partition coefficient (Wildman–Crippen LogP) is 1.17. The summed E-state index contributed by atoms with van der Waals surface area (Å²) in [7, 11) is 2.01. The minimum Gasteiger partial charge on any atom is -0.480 e.